The predicted molar refractivity (Wildman–Crippen MR) is 181 cm³/mol. The maximum absolute atomic E-state index is 14.1. The number of allylic oxidation sites excluding steroid dienone is 4. The standard InChI is InChI=1S/C36H36N4O7S/c1-35(2)17-27-32(29(41)19-35)31(22-6-5-7-25(16-22)40(44)45)33-28(18-36(3,4)20-30(33)42)39(27)24-12-8-21(9-13-24)34(43)38-23-10-14-26(15-11-23)48(37,46)47/h5-16,31H,17-20H2,1-4H3,(H,38,43)(H2,37,46,47). The first-order chi connectivity index (χ1) is 22.4. The number of anilines is 2. The largest absolute Gasteiger partial charge is 0.322 e. The molecule has 11 nitrogen and oxygen atoms in total. The average molecular weight is 669 g/mol. The molecule has 0 bridgehead atoms. The fourth-order valence-corrected chi connectivity index (χ4v) is 7.64. The Morgan fingerprint density at radius 3 is 1.90 bits per heavy atom. The molecule has 3 N–H and O–H groups in total. The van der Waals surface area contributed by atoms with Gasteiger partial charge in [0.25, 0.3) is 11.6 Å². The second-order valence-electron chi connectivity index (χ2n) is 14.3. The summed E-state index contributed by atoms with van der Waals surface area (Å²) < 4.78 is 23.2. The van der Waals surface area contributed by atoms with Gasteiger partial charge in [-0.15, -0.1) is 0 Å². The number of amides is 1. The van der Waals surface area contributed by atoms with E-state index in [9.17, 15) is 32.9 Å². The molecule has 0 saturated heterocycles. The molecule has 0 spiro atoms. The molecule has 0 fully saturated rings. The van der Waals surface area contributed by atoms with Crippen LogP contribution in [0.4, 0.5) is 17.1 Å². The first kappa shape index (κ1) is 33.0. The van der Waals surface area contributed by atoms with E-state index in [2.05, 4.69) is 5.32 Å². The number of nitrogens with one attached hydrogen (secondary N) is 1. The molecule has 248 valence electrons. The number of benzene rings is 3. The molecule has 2 aliphatic carbocycles. The minimum Gasteiger partial charge on any atom is -0.322 e. The fourth-order valence-electron chi connectivity index (χ4n) is 7.12. The van der Waals surface area contributed by atoms with Crippen molar-refractivity contribution in [2.75, 3.05) is 10.2 Å². The molecule has 0 atom stereocenters. The number of primary sulfonamides is 1. The number of hydrogen-bond acceptors (Lipinski definition) is 8. The highest BCUT2D eigenvalue weighted by molar-refractivity contribution is 7.89. The number of hydrogen-bond donors (Lipinski definition) is 2. The number of nitro benzene ring substituents is 1. The molecular formula is C36H36N4O7S. The van der Waals surface area contributed by atoms with E-state index in [0.717, 1.165) is 11.4 Å². The number of nitrogens with two attached hydrogens (primary N) is 1. The normalized spacial score (nSPS) is 19.1. The highest BCUT2D eigenvalue weighted by Crippen LogP contribution is 2.55. The third-order valence-electron chi connectivity index (χ3n) is 9.15. The van der Waals surface area contributed by atoms with E-state index in [1.54, 1.807) is 36.4 Å². The molecule has 0 aromatic heterocycles. The summed E-state index contributed by atoms with van der Waals surface area (Å²) in [6.07, 6.45) is 1.60. The summed E-state index contributed by atoms with van der Waals surface area (Å²) in [6, 6.07) is 18.6. The Labute approximate surface area is 278 Å². The van der Waals surface area contributed by atoms with Crippen molar-refractivity contribution in [2.45, 2.75) is 64.2 Å². The number of nitro groups is 1. The number of Topliss-reactive ketones (excluding diaryl/α,β-unsaturated/α-hetero) is 2. The minimum atomic E-state index is -3.87. The van der Waals surface area contributed by atoms with E-state index in [-0.39, 0.29) is 45.8 Å². The molecule has 6 rings (SSSR count). The van der Waals surface area contributed by atoms with E-state index < -0.39 is 26.8 Å². The fraction of sp³-hybridized carbons (Fsp3) is 0.306. The minimum absolute atomic E-state index is 0.0739. The maximum atomic E-state index is 14.1. The summed E-state index contributed by atoms with van der Waals surface area (Å²) in [4.78, 5) is 54.5. The third kappa shape index (κ3) is 6.20. The topological polar surface area (TPSA) is 170 Å². The summed E-state index contributed by atoms with van der Waals surface area (Å²) in [5.74, 6) is -1.35. The highest BCUT2D eigenvalue weighted by atomic mass is 32.2. The molecule has 3 aromatic carbocycles. The molecule has 3 aromatic rings. The molecule has 0 unspecified atom stereocenters. The second kappa shape index (κ2) is 11.6. The third-order valence-corrected chi connectivity index (χ3v) is 10.1. The lowest BCUT2D eigenvalue weighted by atomic mass is 9.63. The van der Waals surface area contributed by atoms with Crippen molar-refractivity contribution >= 4 is 44.6 Å². The van der Waals surface area contributed by atoms with Gasteiger partial charge < -0.3 is 10.2 Å². The van der Waals surface area contributed by atoms with Crippen LogP contribution in [0.5, 0.6) is 0 Å². The van der Waals surface area contributed by atoms with Crippen LogP contribution >= 0.6 is 0 Å². The number of carbonyl (C=O) groups excluding carboxylic acids is 3. The SMILES string of the molecule is CC1(C)CC(=O)C2=C(C1)N(c1ccc(C(=O)Nc3ccc(S(N)(=O)=O)cc3)cc1)C1=C(C(=O)CC(C)(C)C1)C2c1cccc([N+](=O)[O-])c1. The predicted octanol–water partition coefficient (Wildman–Crippen LogP) is 6.38. The van der Waals surface area contributed by atoms with Gasteiger partial charge in [-0.2, -0.15) is 0 Å². The molecular weight excluding hydrogens is 632 g/mol. The number of carbonyl (C=O) groups is 3. The van der Waals surface area contributed by atoms with Crippen molar-refractivity contribution in [2.24, 2.45) is 16.0 Å². The lowest BCUT2D eigenvalue weighted by molar-refractivity contribution is -0.384. The average Bonchev–Trinajstić information content (AvgIpc) is 2.99. The first-order valence-corrected chi connectivity index (χ1v) is 17.1. The Morgan fingerprint density at radius 1 is 0.854 bits per heavy atom. The zero-order valence-corrected chi connectivity index (χ0v) is 27.9. The molecule has 0 saturated carbocycles. The number of rotatable bonds is 6. The summed E-state index contributed by atoms with van der Waals surface area (Å²) in [7, 11) is -3.87. The van der Waals surface area contributed by atoms with Crippen LogP contribution in [0.3, 0.4) is 0 Å². The van der Waals surface area contributed by atoms with Gasteiger partial charge in [0.1, 0.15) is 0 Å². The van der Waals surface area contributed by atoms with Crippen LogP contribution in [0.15, 0.2) is 100 Å². The molecule has 1 amide bonds. The van der Waals surface area contributed by atoms with Crippen LogP contribution in [-0.2, 0) is 19.6 Å². The summed E-state index contributed by atoms with van der Waals surface area (Å²) in [6.45, 7) is 8.10. The van der Waals surface area contributed by atoms with Crippen molar-refractivity contribution in [1.82, 2.24) is 0 Å². The maximum Gasteiger partial charge on any atom is 0.269 e. The van der Waals surface area contributed by atoms with Gasteiger partial charge in [0, 0.05) is 70.4 Å². The molecule has 48 heavy (non-hydrogen) atoms. The van der Waals surface area contributed by atoms with Gasteiger partial charge in [0.05, 0.1) is 9.82 Å². The van der Waals surface area contributed by atoms with Gasteiger partial charge in [-0.05, 0) is 77.8 Å². The van der Waals surface area contributed by atoms with Crippen LogP contribution in [-0.4, -0.2) is 30.8 Å². The Kier molecular flexibility index (Phi) is 8.00. The van der Waals surface area contributed by atoms with Gasteiger partial charge >= 0.3 is 0 Å². The first-order valence-electron chi connectivity index (χ1n) is 15.6. The van der Waals surface area contributed by atoms with Crippen LogP contribution in [0.1, 0.15) is 75.2 Å². The molecule has 1 heterocycles. The van der Waals surface area contributed by atoms with Gasteiger partial charge in [-0.3, -0.25) is 24.5 Å². The smallest absolute Gasteiger partial charge is 0.269 e. The van der Waals surface area contributed by atoms with E-state index in [4.69, 9.17) is 5.14 Å². The number of non-ortho nitro benzene ring substituents is 1. The van der Waals surface area contributed by atoms with Crippen molar-refractivity contribution < 1.29 is 27.7 Å². The second-order valence-corrected chi connectivity index (χ2v) is 15.9. The number of nitrogens with zero attached hydrogens (tertiary/aromatic N) is 2. The zero-order chi connectivity index (χ0) is 34.8. The van der Waals surface area contributed by atoms with E-state index in [0.29, 0.717) is 46.5 Å². The summed E-state index contributed by atoms with van der Waals surface area (Å²) in [5, 5.41) is 19.7. The van der Waals surface area contributed by atoms with E-state index in [1.165, 1.54) is 36.4 Å². The van der Waals surface area contributed by atoms with Gasteiger partial charge in [0.2, 0.25) is 10.0 Å². The summed E-state index contributed by atoms with van der Waals surface area (Å²) >= 11 is 0. The van der Waals surface area contributed by atoms with Crippen molar-refractivity contribution in [3.05, 3.63) is 117 Å². The van der Waals surface area contributed by atoms with Crippen molar-refractivity contribution in [1.29, 1.82) is 0 Å². The molecule has 0 radical (unpaired) electrons. The Morgan fingerprint density at radius 2 is 1.40 bits per heavy atom. The van der Waals surface area contributed by atoms with E-state index in [1.807, 2.05) is 32.6 Å². The van der Waals surface area contributed by atoms with Gasteiger partial charge in [0.15, 0.2) is 11.6 Å². The van der Waals surface area contributed by atoms with Crippen molar-refractivity contribution in [3.63, 3.8) is 0 Å². The van der Waals surface area contributed by atoms with Crippen molar-refractivity contribution in [3.8, 4) is 0 Å². The number of sulfonamides is 1. The van der Waals surface area contributed by atoms with Gasteiger partial charge in [-0.1, -0.05) is 39.8 Å². The number of ketones is 2. The van der Waals surface area contributed by atoms with Crippen LogP contribution in [0.25, 0.3) is 0 Å². The molecule has 3 aliphatic rings. The lowest BCUT2D eigenvalue weighted by Gasteiger charge is -2.49. The molecule has 12 heteroatoms. The Hall–Kier alpha value is -4.94. The zero-order valence-electron chi connectivity index (χ0n) is 27.1. The monoisotopic (exact) mass is 668 g/mol. The van der Waals surface area contributed by atoms with Crippen LogP contribution in [0, 0.1) is 20.9 Å². The van der Waals surface area contributed by atoms with Gasteiger partial charge in [-0.25, -0.2) is 13.6 Å². The quantitative estimate of drug-likeness (QED) is 0.225. The van der Waals surface area contributed by atoms with Crippen LogP contribution < -0.4 is 15.4 Å². The van der Waals surface area contributed by atoms with Crippen LogP contribution in [0.2, 0.25) is 0 Å². The Balaban J connectivity index is 1.45. The Bertz CT molecular complexity index is 2010. The highest BCUT2D eigenvalue weighted by Gasteiger charge is 2.49. The lowest BCUT2D eigenvalue weighted by Crippen LogP contribution is -2.44. The summed E-state index contributed by atoms with van der Waals surface area (Å²) in [5.41, 5.74) is 3.52. The molecule has 1 aliphatic heterocycles. The van der Waals surface area contributed by atoms with E-state index >= 15 is 0 Å².